The quantitative estimate of drug-likeness (QED) is 0.673. The summed E-state index contributed by atoms with van der Waals surface area (Å²) in [5.74, 6) is 0.201. The minimum atomic E-state index is -0.423. The van der Waals surface area contributed by atoms with Crippen molar-refractivity contribution in [3.05, 3.63) is 40.9 Å². The Labute approximate surface area is 127 Å². The number of hydrogen-bond donors (Lipinski definition) is 2. The number of aliphatic hydroxyl groups excluding tert-OH is 1. The van der Waals surface area contributed by atoms with Crippen LogP contribution in [0, 0.1) is 0 Å². The highest BCUT2D eigenvalue weighted by molar-refractivity contribution is 6.30. The molecule has 0 atom stereocenters. The van der Waals surface area contributed by atoms with Crippen LogP contribution >= 0.6 is 11.6 Å². The molecule has 0 aliphatic rings. The number of nitrogens with zero attached hydrogens (tertiary/aromatic N) is 3. The normalized spacial score (nSPS) is 12.0. The van der Waals surface area contributed by atoms with Crippen LogP contribution in [0.1, 0.15) is 12.7 Å². The van der Waals surface area contributed by atoms with Crippen LogP contribution in [-0.2, 0) is 11.8 Å². The van der Waals surface area contributed by atoms with Crippen molar-refractivity contribution in [2.24, 2.45) is 7.05 Å². The zero-order valence-electron chi connectivity index (χ0n) is 11.9. The Morgan fingerprint density at radius 2 is 1.95 bits per heavy atom. The standard InChI is InChI=1S/C14H15ClN4O2/c1-8(20)11(14(21)16-2)13-17-12(18-19(13)3)9-4-6-10(15)7-5-9/h4-7,20H,1-3H3,(H,16,21)/b11-8+. The van der Waals surface area contributed by atoms with Crippen molar-refractivity contribution in [1.82, 2.24) is 20.1 Å². The highest BCUT2D eigenvalue weighted by atomic mass is 35.5. The number of aryl methyl sites for hydroxylation is 1. The molecule has 0 unspecified atom stereocenters. The van der Waals surface area contributed by atoms with E-state index in [0.29, 0.717) is 16.7 Å². The third kappa shape index (κ3) is 3.05. The summed E-state index contributed by atoms with van der Waals surface area (Å²) in [4.78, 5) is 16.2. The molecule has 0 saturated carbocycles. The molecule has 0 spiro atoms. The van der Waals surface area contributed by atoms with Crippen LogP contribution in [-0.4, -0.2) is 32.8 Å². The molecule has 1 aromatic carbocycles. The van der Waals surface area contributed by atoms with Crippen LogP contribution < -0.4 is 5.32 Å². The van der Waals surface area contributed by atoms with Gasteiger partial charge in [-0.15, -0.1) is 0 Å². The van der Waals surface area contributed by atoms with Gasteiger partial charge in [-0.25, -0.2) is 9.67 Å². The predicted octanol–water partition coefficient (Wildman–Crippen LogP) is 2.17. The average molecular weight is 307 g/mol. The lowest BCUT2D eigenvalue weighted by atomic mass is 10.2. The van der Waals surface area contributed by atoms with E-state index in [4.69, 9.17) is 11.6 Å². The number of halogens is 1. The zero-order chi connectivity index (χ0) is 15.6. The fraction of sp³-hybridized carbons (Fsp3) is 0.214. The van der Waals surface area contributed by atoms with Gasteiger partial charge in [0.05, 0.1) is 0 Å². The van der Waals surface area contributed by atoms with Gasteiger partial charge in [0.2, 0.25) is 0 Å². The maximum Gasteiger partial charge on any atom is 0.258 e. The highest BCUT2D eigenvalue weighted by Crippen LogP contribution is 2.22. The van der Waals surface area contributed by atoms with Gasteiger partial charge < -0.3 is 10.4 Å². The summed E-state index contributed by atoms with van der Waals surface area (Å²) >= 11 is 5.85. The molecule has 0 radical (unpaired) electrons. The topological polar surface area (TPSA) is 80.0 Å². The van der Waals surface area contributed by atoms with Crippen molar-refractivity contribution in [3.8, 4) is 11.4 Å². The molecule has 2 rings (SSSR count). The second-order valence-corrected chi connectivity index (χ2v) is 4.87. The van der Waals surface area contributed by atoms with Crippen molar-refractivity contribution in [3.63, 3.8) is 0 Å². The average Bonchev–Trinajstić information content (AvgIpc) is 2.81. The molecule has 0 bridgehead atoms. The molecule has 0 saturated heterocycles. The van der Waals surface area contributed by atoms with E-state index >= 15 is 0 Å². The Bertz CT molecular complexity index is 700. The molecule has 1 amide bonds. The van der Waals surface area contributed by atoms with Crippen LogP contribution in [0.3, 0.4) is 0 Å². The van der Waals surface area contributed by atoms with Crippen molar-refractivity contribution >= 4 is 23.1 Å². The first-order chi connectivity index (χ1) is 9.93. The predicted molar refractivity (Wildman–Crippen MR) is 80.7 cm³/mol. The van der Waals surface area contributed by atoms with E-state index in [1.54, 1.807) is 31.3 Å². The Kier molecular flexibility index (Phi) is 4.28. The van der Waals surface area contributed by atoms with E-state index < -0.39 is 5.91 Å². The lowest BCUT2D eigenvalue weighted by molar-refractivity contribution is -0.115. The van der Waals surface area contributed by atoms with Crippen LogP contribution in [0.15, 0.2) is 30.0 Å². The van der Waals surface area contributed by atoms with E-state index in [-0.39, 0.29) is 11.3 Å². The maximum absolute atomic E-state index is 11.9. The lowest BCUT2D eigenvalue weighted by Crippen LogP contribution is -2.22. The number of aromatic nitrogens is 3. The first-order valence-corrected chi connectivity index (χ1v) is 6.61. The van der Waals surface area contributed by atoms with Crippen LogP contribution in [0.5, 0.6) is 0 Å². The molecule has 110 valence electrons. The number of carbonyl (C=O) groups excluding carboxylic acids is 1. The van der Waals surface area contributed by atoms with Gasteiger partial charge in [0.25, 0.3) is 5.91 Å². The monoisotopic (exact) mass is 306 g/mol. The Hall–Kier alpha value is -2.34. The van der Waals surface area contributed by atoms with Gasteiger partial charge in [0.1, 0.15) is 11.3 Å². The second kappa shape index (κ2) is 5.97. The van der Waals surface area contributed by atoms with E-state index in [1.165, 1.54) is 18.7 Å². The highest BCUT2D eigenvalue weighted by Gasteiger charge is 2.21. The largest absolute Gasteiger partial charge is 0.512 e. The number of nitrogens with one attached hydrogen (secondary N) is 1. The summed E-state index contributed by atoms with van der Waals surface area (Å²) in [6.45, 7) is 1.43. The van der Waals surface area contributed by atoms with Gasteiger partial charge >= 0.3 is 0 Å². The molecule has 2 aromatic rings. The molecule has 6 nitrogen and oxygen atoms in total. The number of benzene rings is 1. The second-order valence-electron chi connectivity index (χ2n) is 4.43. The molecule has 1 aromatic heterocycles. The van der Waals surface area contributed by atoms with Crippen molar-refractivity contribution in [2.75, 3.05) is 7.05 Å². The smallest absolute Gasteiger partial charge is 0.258 e. The van der Waals surface area contributed by atoms with E-state index in [9.17, 15) is 9.90 Å². The third-order valence-electron chi connectivity index (χ3n) is 2.91. The minimum Gasteiger partial charge on any atom is -0.512 e. The van der Waals surface area contributed by atoms with Crippen molar-refractivity contribution < 1.29 is 9.90 Å². The molecule has 0 aliphatic carbocycles. The molecule has 0 aliphatic heterocycles. The molecule has 7 heteroatoms. The van der Waals surface area contributed by atoms with Gasteiger partial charge in [-0.2, -0.15) is 5.10 Å². The van der Waals surface area contributed by atoms with Crippen molar-refractivity contribution in [2.45, 2.75) is 6.92 Å². The van der Waals surface area contributed by atoms with Gasteiger partial charge in [-0.05, 0) is 31.2 Å². The van der Waals surface area contributed by atoms with Crippen molar-refractivity contribution in [1.29, 1.82) is 0 Å². The zero-order valence-corrected chi connectivity index (χ0v) is 12.6. The number of allylic oxidation sites excluding steroid dienone is 1. The van der Waals surface area contributed by atoms with Gasteiger partial charge in [-0.3, -0.25) is 4.79 Å². The number of amides is 1. The first-order valence-electron chi connectivity index (χ1n) is 6.23. The van der Waals surface area contributed by atoms with E-state index in [2.05, 4.69) is 15.4 Å². The molecule has 2 N–H and O–H groups in total. The number of rotatable bonds is 3. The molecular weight excluding hydrogens is 292 g/mol. The SMILES string of the molecule is CNC(=O)/C(=C(\C)O)c1nc(-c2ccc(Cl)cc2)nn1C. The minimum absolute atomic E-state index is 0.0905. The van der Waals surface area contributed by atoms with E-state index in [1.807, 2.05) is 0 Å². The summed E-state index contributed by atoms with van der Waals surface area (Å²) < 4.78 is 1.45. The third-order valence-corrected chi connectivity index (χ3v) is 3.16. The van der Waals surface area contributed by atoms with Crippen LogP contribution in [0.4, 0.5) is 0 Å². The lowest BCUT2D eigenvalue weighted by Gasteiger charge is -2.05. The fourth-order valence-electron chi connectivity index (χ4n) is 1.88. The summed E-state index contributed by atoms with van der Waals surface area (Å²) in [5, 5.41) is 17.1. The summed E-state index contributed by atoms with van der Waals surface area (Å²) in [5.41, 5.74) is 0.862. The summed E-state index contributed by atoms with van der Waals surface area (Å²) in [6.07, 6.45) is 0. The molecule has 1 heterocycles. The Balaban J connectivity index is 2.51. The summed E-state index contributed by atoms with van der Waals surface area (Å²) in [6, 6.07) is 7.05. The van der Waals surface area contributed by atoms with Gasteiger partial charge in [0, 0.05) is 24.7 Å². The van der Waals surface area contributed by atoms with Gasteiger partial charge in [0.15, 0.2) is 11.6 Å². The molecular formula is C14H15ClN4O2. The fourth-order valence-corrected chi connectivity index (χ4v) is 2.00. The number of likely N-dealkylation sites (N-methyl/N-ethyl adjacent to an activating group) is 1. The van der Waals surface area contributed by atoms with E-state index in [0.717, 1.165) is 5.56 Å². The van der Waals surface area contributed by atoms with Gasteiger partial charge in [-0.1, -0.05) is 11.6 Å². The Morgan fingerprint density at radius 3 is 2.48 bits per heavy atom. The van der Waals surface area contributed by atoms with Crippen LogP contribution in [0.2, 0.25) is 5.02 Å². The van der Waals surface area contributed by atoms with Crippen LogP contribution in [0.25, 0.3) is 17.0 Å². The Morgan fingerprint density at radius 1 is 1.33 bits per heavy atom. The summed E-state index contributed by atoms with van der Waals surface area (Å²) in [7, 11) is 3.15. The number of hydrogen-bond acceptors (Lipinski definition) is 4. The first kappa shape index (κ1) is 15.1. The molecule has 21 heavy (non-hydrogen) atoms. The molecule has 0 fully saturated rings. The number of aliphatic hydroxyl groups is 1. The maximum atomic E-state index is 11.9. The number of carbonyl (C=O) groups is 1.